The predicted octanol–water partition coefficient (Wildman–Crippen LogP) is -0.369. The third-order valence-corrected chi connectivity index (χ3v) is 1.48. The molecule has 0 saturated heterocycles. The number of carbonyl (C=O) groups is 1. The van der Waals surface area contributed by atoms with Crippen molar-refractivity contribution in [3.8, 4) is 0 Å². The average molecular weight is 184 g/mol. The van der Waals surface area contributed by atoms with Crippen molar-refractivity contribution in [2.45, 2.75) is 19.4 Å². The van der Waals surface area contributed by atoms with Crippen LogP contribution in [-0.2, 0) is 11.3 Å². The number of nitrogens with two attached hydrogens (primary N) is 2. The predicted molar refractivity (Wildman–Crippen MR) is 45.6 cm³/mol. The Kier molecular flexibility index (Phi) is 2.99. The molecule has 0 radical (unpaired) electrons. The first-order chi connectivity index (χ1) is 6.13. The summed E-state index contributed by atoms with van der Waals surface area (Å²) in [6, 6.07) is 0.0113. The van der Waals surface area contributed by atoms with Crippen molar-refractivity contribution in [2.75, 3.05) is 0 Å². The lowest BCUT2D eigenvalue weighted by atomic mass is 10.2. The van der Waals surface area contributed by atoms with Crippen LogP contribution in [0.25, 0.3) is 0 Å². The van der Waals surface area contributed by atoms with Crippen LogP contribution in [-0.4, -0.2) is 21.7 Å². The van der Waals surface area contributed by atoms with E-state index >= 15 is 0 Å². The zero-order chi connectivity index (χ0) is 9.84. The Hall–Kier alpha value is -1.40. The first-order valence-corrected chi connectivity index (χ1v) is 3.83. The maximum Gasteiger partial charge on any atom is 0.438 e. The summed E-state index contributed by atoms with van der Waals surface area (Å²) in [5.41, 5.74) is 6.29. The van der Waals surface area contributed by atoms with E-state index in [1.54, 1.807) is 6.20 Å². The molecular weight excluding hydrogens is 172 g/mol. The van der Waals surface area contributed by atoms with E-state index in [0.717, 1.165) is 10.3 Å². The second-order valence-electron chi connectivity index (χ2n) is 2.84. The standard InChI is InChI=1S/C7H12N4O2/c1-5(8)2-6-3-11(4-10-6)7(12)13-9/h3-5H,2,8-9H2,1H3/t5-/m1/s1. The molecule has 1 aromatic rings. The fraction of sp³-hybridized carbons (Fsp3) is 0.429. The number of nitrogens with zero attached hydrogens (tertiary/aromatic N) is 2. The van der Waals surface area contributed by atoms with Crippen LogP contribution in [0.1, 0.15) is 12.6 Å². The summed E-state index contributed by atoms with van der Waals surface area (Å²) in [6.45, 7) is 1.86. The summed E-state index contributed by atoms with van der Waals surface area (Å²) in [7, 11) is 0. The summed E-state index contributed by atoms with van der Waals surface area (Å²) < 4.78 is 1.16. The molecule has 72 valence electrons. The molecule has 4 N–H and O–H groups in total. The number of hydrogen-bond donors (Lipinski definition) is 2. The van der Waals surface area contributed by atoms with Gasteiger partial charge in [-0.2, -0.15) is 5.90 Å². The molecule has 0 unspecified atom stereocenters. The van der Waals surface area contributed by atoms with Crippen LogP contribution in [0.5, 0.6) is 0 Å². The highest BCUT2D eigenvalue weighted by Crippen LogP contribution is 1.99. The molecule has 0 bridgehead atoms. The minimum atomic E-state index is -0.663. The highest BCUT2D eigenvalue weighted by molar-refractivity contribution is 5.69. The van der Waals surface area contributed by atoms with Crippen molar-refractivity contribution in [1.82, 2.24) is 9.55 Å². The molecule has 0 spiro atoms. The van der Waals surface area contributed by atoms with Crippen LogP contribution < -0.4 is 11.6 Å². The third kappa shape index (κ3) is 2.53. The highest BCUT2D eigenvalue weighted by atomic mass is 16.7. The Morgan fingerprint density at radius 2 is 2.54 bits per heavy atom. The maximum atomic E-state index is 10.9. The van der Waals surface area contributed by atoms with Gasteiger partial charge in [0.05, 0.1) is 5.69 Å². The van der Waals surface area contributed by atoms with Crippen LogP contribution in [0.2, 0.25) is 0 Å². The molecule has 0 aliphatic carbocycles. The van der Waals surface area contributed by atoms with Gasteiger partial charge in [-0.3, -0.25) is 0 Å². The zero-order valence-corrected chi connectivity index (χ0v) is 7.30. The second-order valence-corrected chi connectivity index (χ2v) is 2.84. The maximum absolute atomic E-state index is 10.9. The zero-order valence-electron chi connectivity index (χ0n) is 7.30. The fourth-order valence-corrected chi connectivity index (χ4v) is 0.960. The molecule has 1 atom stereocenters. The lowest BCUT2D eigenvalue weighted by molar-refractivity contribution is 0.149. The number of aromatic nitrogens is 2. The molecule has 0 amide bonds. The van der Waals surface area contributed by atoms with Crippen molar-refractivity contribution in [2.24, 2.45) is 11.6 Å². The lowest BCUT2D eigenvalue weighted by Crippen LogP contribution is -2.18. The Bertz CT molecular complexity index is 294. The van der Waals surface area contributed by atoms with Gasteiger partial charge in [0, 0.05) is 18.7 Å². The van der Waals surface area contributed by atoms with Crippen LogP contribution in [0.3, 0.4) is 0 Å². The molecule has 0 aliphatic heterocycles. The highest BCUT2D eigenvalue weighted by Gasteiger charge is 2.07. The Morgan fingerprint density at radius 3 is 3.08 bits per heavy atom. The monoisotopic (exact) mass is 184 g/mol. The van der Waals surface area contributed by atoms with Gasteiger partial charge in [0.1, 0.15) is 6.33 Å². The van der Waals surface area contributed by atoms with E-state index in [1.165, 1.54) is 6.33 Å². The topological polar surface area (TPSA) is 96.2 Å². The molecule has 1 rings (SSSR count). The van der Waals surface area contributed by atoms with Gasteiger partial charge in [0.25, 0.3) is 0 Å². The van der Waals surface area contributed by atoms with Gasteiger partial charge in [0.2, 0.25) is 0 Å². The van der Waals surface area contributed by atoms with Gasteiger partial charge in [-0.05, 0) is 6.92 Å². The van der Waals surface area contributed by atoms with E-state index < -0.39 is 6.09 Å². The fourth-order valence-electron chi connectivity index (χ4n) is 0.960. The number of rotatable bonds is 2. The molecule has 0 fully saturated rings. The third-order valence-electron chi connectivity index (χ3n) is 1.48. The SMILES string of the molecule is C[C@@H](N)Cc1cn(C(=O)ON)cn1. The van der Waals surface area contributed by atoms with Gasteiger partial charge in [-0.25, -0.2) is 14.3 Å². The summed E-state index contributed by atoms with van der Waals surface area (Å²) in [6.07, 6.45) is 2.83. The molecule has 6 nitrogen and oxygen atoms in total. The van der Waals surface area contributed by atoms with Gasteiger partial charge >= 0.3 is 6.09 Å². The van der Waals surface area contributed by atoms with Crippen LogP contribution in [0.15, 0.2) is 12.5 Å². The van der Waals surface area contributed by atoms with E-state index in [1.807, 2.05) is 6.92 Å². The summed E-state index contributed by atoms with van der Waals surface area (Å²) in [5, 5.41) is 0. The molecule has 6 heteroatoms. The van der Waals surface area contributed by atoms with Crippen molar-refractivity contribution in [3.63, 3.8) is 0 Å². The Balaban J connectivity index is 2.69. The quantitative estimate of drug-likeness (QED) is 0.611. The minimum Gasteiger partial charge on any atom is -0.356 e. The largest absolute Gasteiger partial charge is 0.438 e. The van der Waals surface area contributed by atoms with Gasteiger partial charge in [-0.1, -0.05) is 0 Å². The molecule has 0 aromatic carbocycles. The van der Waals surface area contributed by atoms with Gasteiger partial charge in [-0.15, -0.1) is 0 Å². The normalized spacial score (nSPS) is 12.5. The second kappa shape index (κ2) is 4.01. The smallest absolute Gasteiger partial charge is 0.356 e. The van der Waals surface area contributed by atoms with Crippen LogP contribution in [0, 0.1) is 0 Å². The summed E-state index contributed by atoms with van der Waals surface area (Å²) >= 11 is 0. The first kappa shape index (κ1) is 9.69. The van der Waals surface area contributed by atoms with Crippen molar-refractivity contribution >= 4 is 6.09 Å². The summed E-state index contributed by atoms with van der Waals surface area (Å²) in [5.74, 6) is 4.69. The summed E-state index contributed by atoms with van der Waals surface area (Å²) in [4.78, 5) is 18.8. The Morgan fingerprint density at radius 1 is 1.85 bits per heavy atom. The van der Waals surface area contributed by atoms with E-state index in [2.05, 4.69) is 9.82 Å². The first-order valence-electron chi connectivity index (χ1n) is 3.83. The van der Waals surface area contributed by atoms with E-state index in [9.17, 15) is 4.79 Å². The van der Waals surface area contributed by atoms with Crippen molar-refractivity contribution in [3.05, 3.63) is 18.2 Å². The lowest BCUT2D eigenvalue weighted by Gasteiger charge is -1.99. The molecule has 0 aliphatic rings. The van der Waals surface area contributed by atoms with E-state index in [-0.39, 0.29) is 6.04 Å². The molecule has 1 heterocycles. The molecule has 0 saturated carbocycles. The number of carbonyl (C=O) groups excluding carboxylic acids is 1. The Labute approximate surface area is 75.4 Å². The molecule has 1 aromatic heterocycles. The van der Waals surface area contributed by atoms with Crippen molar-refractivity contribution < 1.29 is 9.63 Å². The van der Waals surface area contributed by atoms with E-state index in [0.29, 0.717) is 6.42 Å². The van der Waals surface area contributed by atoms with Crippen LogP contribution >= 0.6 is 0 Å². The number of hydrogen-bond acceptors (Lipinski definition) is 5. The van der Waals surface area contributed by atoms with Crippen LogP contribution in [0.4, 0.5) is 4.79 Å². The average Bonchev–Trinajstić information content (AvgIpc) is 2.50. The minimum absolute atomic E-state index is 0.0113. The van der Waals surface area contributed by atoms with Gasteiger partial charge in [0.15, 0.2) is 0 Å². The van der Waals surface area contributed by atoms with Crippen molar-refractivity contribution in [1.29, 1.82) is 0 Å². The molecular formula is C7H12N4O2. The van der Waals surface area contributed by atoms with E-state index in [4.69, 9.17) is 11.6 Å². The molecule has 13 heavy (non-hydrogen) atoms. The van der Waals surface area contributed by atoms with Gasteiger partial charge < -0.3 is 10.6 Å². The number of imidazole rings is 1.